The Balaban J connectivity index is 1.18. The fraction of sp³-hybridized carbons (Fsp3) is 0.542. The molecule has 1 saturated heterocycles. The SMILES string of the molecule is COc1ccc(N2CCN(C(=O)CCc3csc(NC(=O)NC4CCCCC4)n3)CC2)cc1. The third-order valence-electron chi connectivity index (χ3n) is 6.38. The van der Waals surface area contributed by atoms with Gasteiger partial charge in [-0.25, -0.2) is 9.78 Å². The van der Waals surface area contributed by atoms with Crippen LogP contribution in [0.1, 0.15) is 44.2 Å². The number of urea groups is 1. The van der Waals surface area contributed by atoms with Crippen molar-refractivity contribution in [3.05, 3.63) is 35.3 Å². The van der Waals surface area contributed by atoms with Crippen molar-refractivity contribution in [1.29, 1.82) is 0 Å². The number of nitrogens with zero attached hydrogens (tertiary/aromatic N) is 3. The summed E-state index contributed by atoms with van der Waals surface area (Å²) in [7, 11) is 1.66. The van der Waals surface area contributed by atoms with Crippen molar-refractivity contribution < 1.29 is 14.3 Å². The first-order valence-electron chi connectivity index (χ1n) is 11.8. The highest BCUT2D eigenvalue weighted by Gasteiger charge is 2.22. The molecule has 2 aliphatic rings. The Morgan fingerprint density at radius 3 is 2.52 bits per heavy atom. The highest BCUT2D eigenvalue weighted by Crippen LogP contribution is 2.22. The van der Waals surface area contributed by atoms with E-state index in [2.05, 4.69) is 32.7 Å². The van der Waals surface area contributed by atoms with Crippen molar-refractivity contribution in [2.45, 2.75) is 51.0 Å². The molecule has 0 bridgehead atoms. The maximum atomic E-state index is 12.7. The van der Waals surface area contributed by atoms with Crippen LogP contribution in [0.15, 0.2) is 29.6 Å². The van der Waals surface area contributed by atoms with E-state index in [9.17, 15) is 9.59 Å². The fourth-order valence-electron chi connectivity index (χ4n) is 4.44. The minimum absolute atomic E-state index is 0.155. The van der Waals surface area contributed by atoms with Crippen LogP contribution in [0, 0.1) is 0 Å². The molecule has 1 aromatic carbocycles. The molecular weight excluding hydrogens is 438 g/mol. The Bertz CT molecular complexity index is 918. The smallest absolute Gasteiger partial charge is 0.321 e. The van der Waals surface area contributed by atoms with Gasteiger partial charge in [0.2, 0.25) is 5.91 Å². The van der Waals surface area contributed by atoms with E-state index < -0.39 is 0 Å². The van der Waals surface area contributed by atoms with Gasteiger partial charge >= 0.3 is 6.03 Å². The quantitative estimate of drug-likeness (QED) is 0.640. The molecule has 1 saturated carbocycles. The van der Waals surface area contributed by atoms with Gasteiger partial charge in [0.05, 0.1) is 12.8 Å². The summed E-state index contributed by atoms with van der Waals surface area (Å²) in [5.74, 6) is 1.000. The molecule has 2 N–H and O–H groups in total. The van der Waals surface area contributed by atoms with Gasteiger partial charge in [0.1, 0.15) is 5.75 Å². The third kappa shape index (κ3) is 6.60. The van der Waals surface area contributed by atoms with E-state index in [-0.39, 0.29) is 18.0 Å². The van der Waals surface area contributed by atoms with Gasteiger partial charge in [-0.2, -0.15) is 0 Å². The molecule has 2 fully saturated rings. The number of piperazine rings is 1. The van der Waals surface area contributed by atoms with Gasteiger partial charge in [0.25, 0.3) is 0 Å². The molecule has 1 aromatic heterocycles. The number of hydrogen-bond acceptors (Lipinski definition) is 6. The van der Waals surface area contributed by atoms with Gasteiger partial charge in [-0.05, 0) is 43.5 Å². The lowest BCUT2D eigenvalue weighted by molar-refractivity contribution is -0.131. The Kier molecular flexibility index (Phi) is 8.04. The summed E-state index contributed by atoms with van der Waals surface area (Å²) >= 11 is 1.40. The minimum atomic E-state index is -0.186. The first-order valence-corrected chi connectivity index (χ1v) is 12.7. The number of nitrogens with one attached hydrogen (secondary N) is 2. The van der Waals surface area contributed by atoms with E-state index in [0.717, 1.165) is 56.2 Å². The number of aromatic nitrogens is 1. The minimum Gasteiger partial charge on any atom is -0.497 e. The molecule has 178 valence electrons. The number of methoxy groups -OCH3 is 1. The van der Waals surface area contributed by atoms with Crippen LogP contribution < -0.4 is 20.3 Å². The van der Waals surface area contributed by atoms with Gasteiger partial charge in [-0.1, -0.05) is 19.3 Å². The van der Waals surface area contributed by atoms with E-state index in [4.69, 9.17) is 4.74 Å². The topological polar surface area (TPSA) is 86.8 Å². The van der Waals surface area contributed by atoms with E-state index in [1.165, 1.54) is 30.6 Å². The zero-order valence-electron chi connectivity index (χ0n) is 19.2. The second-order valence-electron chi connectivity index (χ2n) is 8.64. The summed E-state index contributed by atoms with van der Waals surface area (Å²) in [6.45, 7) is 3.07. The molecule has 1 aliphatic heterocycles. The summed E-state index contributed by atoms with van der Waals surface area (Å²) in [4.78, 5) is 33.6. The highest BCUT2D eigenvalue weighted by atomic mass is 32.1. The predicted octanol–water partition coefficient (Wildman–Crippen LogP) is 3.89. The summed E-state index contributed by atoms with van der Waals surface area (Å²) in [6.07, 6.45) is 6.72. The molecular formula is C24H33N5O3S. The summed E-state index contributed by atoms with van der Waals surface area (Å²) < 4.78 is 5.22. The third-order valence-corrected chi connectivity index (χ3v) is 7.18. The number of amides is 3. The van der Waals surface area contributed by atoms with Gasteiger partial charge in [-0.15, -0.1) is 11.3 Å². The van der Waals surface area contributed by atoms with Crippen molar-refractivity contribution >= 4 is 34.1 Å². The molecule has 33 heavy (non-hydrogen) atoms. The lowest BCUT2D eigenvalue weighted by atomic mass is 9.96. The average molecular weight is 472 g/mol. The second-order valence-corrected chi connectivity index (χ2v) is 9.50. The zero-order valence-corrected chi connectivity index (χ0v) is 20.0. The lowest BCUT2D eigenvalue weighted by Crippen LogP contribution is -2.48. The number of hydrogen-bond donors (Lipinski definition) is 2. The number of ether oxygens (including phenoxy) is 1. The Morgan fingerprint density at radius 1 is 1.09 bits per heavy atom. The molecule has 4 rings (SSSR count). The summed E-state index contributed by atoms with van der Waals surface area (Å²) in [5, 5.41) is 8.38. The average Bonchev–Trinajstić information content (AvgIpc) is 3.30. The number of benzene rings is 1. The molecule has 0 atom stereocenters. The lowest BCUT2D eigenvalue weighted by Gasteiger charge is -2.36. The number of carbonyl (C=O) groups is 2. The van der Waals surface area contributed by atoms with Crippen LogP contribution in [0.25, 0.3) is 0 Å². The number of rotatable bonds is 7. The normalized spacial score (nSPS) is 17.0. The maximum Gasteiger partial charge on any atom is 0.321 e. The number of carbonyl (C=O) groups excluding carboxylic acids is 2. The van der Waals surface area contributed by atoms with E-state index in [1.54, 1.807) is 7.11 Å². The molecule has 0 spiro atoms. The first-order chi connectivity index (χ1) is 16.1. The van der Waals surface area contributed by atoms with Crippen LogP contribution in [0.4, 0.5) is 15.6 Å². The summed E-state index contributed by atoms with van der Waals surface area (Å²) in [6, 6.07) is 8.11. The van der Waals surface area contributed by atoms with Gasteiger partial charge < -0.3 is 19.9 Å². The van der Waals surface area contributed by atoms with Gasteiger partial charge in [0, 0.05) is 49.7 Å². The first kappa shape index (κ1) is 23.4. The largest absolute Gasteiger partial charge is 0.497 e. The molecule has 9 heteroatoms. The fourth-order valence-corrected chi connectivity index (χ4v) is 5.18. The second kappa shape index (κ2) is 11.4. The molecule has 1 aliphatic carbocycles. The standard InChI is InChI=1S/C24H33N5O3S/c1-32-21-10-8-20(9-11-21)28-13-15-29(16-14-28)22(30)12-7-19-17-33-24(26-19)27-23(31)25-18-5-3-2-4-6-18/h8-11,17-18H,2-7,12-16H2,1H3,(H2,25,26,27,31). The molecule has 3 amide bonds. The molecule has 0 unspecified atom stereocenters. The summed E-state index contributed by atoms with van der Waals surface area (Å²) in [5.41, 5.74) is 2.00. The van der Waals surface area contributed by atoms with Crippen molar-refractivity contribution in [2.24, 2.45) is 0 Å². The van der Waals surface area contributed by atoms with Gasteiger partial charge in [-0.3, -0.25) is 10.1 Å². The Morgan fingerprint density at radius 2 is 1.82 bits per heavy atom. The molecule has 0 radical (unpaired) electrons. The molecule has 2 aromatic rings. The predicted molar refractivity (Wildman–Crippen MR) is 131 cm³/mol. The maximum absolute atomic E-state index is 12.7. The van der Waals surface area contributed by atoms with Crippen LogP contribution in [0.2, 0.25) is 0 Å². The molecule has 2 heterocycles. The highest BCUT2D eigenvalue weighted by molar-refractivity contribution is 7.13. The van der Waals surface area contributed by atoms with Crippen LogP contribution in [-0.2, 0) is 11.2 Å². The van der Waals surface area contributed by atoms with Gasteiger partial charge in [0.15, 0.2) is 5.13 Å². The van der Waals surface area contributed by atoms with Crippen LogP contribution in [0.5, 0.6) is 5.75 Å². The number of anilines is 2. The number of aryl methyl sites for hydroxylation is 1. The van der Waals surface area contributed by atoms with Crippen molar-refractivity contribution in [3.8, 4) is 5.75 Å². The van der Waals surface area contributed by atoms with E-state index in [0.29, 0.717) is 18.0 Å². The number of thiazole rings is 1. The zero-order chi connectivity index (χ0) is 23.0. The van der Waals surface area contributed by atoms with Crippen molar-refractivity contribution in [3.63, 3.8) is 0 Å². The van der Waals surface area contributed by atoms with Crippen LogP contribution in [-0.4, -0.2) is 61.2 Å². The van der Waals surface area contributed by atoms with Crippen LogP contribution >= 0.6 is 11.3 Å². The molecule has 8 nitrogen and oxygen atoms in total. The van der Waals surface area contributed by atoms with Crippen molar-refractivity contribution in [1.82, 2.24) is 15.2 Å². The van der Waals surface area contributed by atoms with Crippen LogP contribution in [0.3, 0.4) is 0 Å². The van der Waals surface area contributed by atoms with E-state index >= 15 is 0 Å². The Hall–Kier alpha value is -2.81. The van der Waals surface area contributed by atoms with E-state index in [1.807, 2.05) is 22.4 Å². The van der Waals surface area contributed by atoms with Crippen molar-refractivity contribution in [2.75, 3.05) is 43.5 Å². The monoisotopic (exact) mass is 471 g/mol. The Labute approximate surface area is 199 Å².